The smallest absolute Gasteiger partial charge is 0.166 e. The molecular weight excluding hydrogens is 244 g/mol. The SMILES string of the molecule is CC(N)CC(=O)c1ccc(Br)cc1N. The number of carbonyl (C=O) groups excluding carboxylic acids is 1. The van der Waals surface area contributed by atoms with Crippen molar-refractivity contribution >= 4 is 27.4 Å². The third-order valence-electron chi connectivity index (χ3n) is 1.82. The predicted molar refractivity (Wildman–Crippen MR) is 61.2 cm³/mol. The van der Waals surface area contributed by atoms with Crippen LogP contribution >= 0.6 is 15.9 Å². The van der Waals surface area contributed by atoms with Gasteiger partial charge in [0.1, 0.15) is 0 Å². The molecule has 0 aliphatic heterocycles. The van der Waals surface area contributed by atoms with Crippen molar-refractivity contribution < 1.29 is 4.79 Å². The molecule has 1 atom stereocenters. The molecule has 76 valence electrons. The lowest BCUT2D eigenvalue weighted by molar-refractivity contribution is 0.0977. The zero-order chi connectivity index (χ0) is 10.7. The van der Waals surface area contributed by atoms with Gasteiger partial charge in [0.2, 0.25) is 0 Å². The van der Waals surface area contributed by atoms with E-state index < -0.39 is 0 Å². The van der Waals surface area contributed by atoms with Gasteiger partial charge in [0.15, 0.2) is 5.78 Å². The van der Waals surface area contributed by atoms with Crippen molar-refractivity contribution in [1.82, 2.24) is 0 Å². The number of ketones is 1. The molecule has 0 aliphatic carbocycles. The molecule has 1 aromatic rings. The van der Waals surface area contributed by atoms with Crippen LogP contribution < -0.4 is 11.5 Å². The molecule has 0 spiro atoms. The highest BCUT2D eigenvalue weighted by Gasteiger charge is 2.11. The molecule has 0 amide bonds. The van der Waals surface area contributed by atoms with E-state index in [1.807, 2.05) is 0 Å². The summed E-state index contributed by atoms with van der Waals surface area (Å²) in [5, 5.41) is 0. The second-order valence-electron chi connectivity index (χ2n) is 3.34. The number of carbonyl (C=O) groups is 1. The van der Waals surface area contributed by atoms with E-state index in [1.165, 1.54) is 0 Å². The lowest BCUT2D eigenvalue weighted by Gasteiger charge is -2.07. The van der Waals surface area contributed by atoms with Gasteiger partial charge < -0.3 is 11.5 Å². The molecule has 0 bridgehead atoms. The number of hydrogen-bond donors (Lipinski definition) is 2. The monoisotopic (exact) mass is 256 g/mol. The number of benzene rings is 1. The van der Waals surface area contributed by atoms with E-state index >= 15 is 0 Å². The maximum atomic E-state index is 11.6. The first-order valence-corrected chi connectivity index (χ1v) is 5.14. The topological polar surface area (TPSA) is 69.1 Å². The Morgan fingerprint density at radius 1 is 1.57 bits per heavy atom. The van der Waals surface area contributed by atoms with Crippen LogP contribution in [0.3, 0.4) is 0 Å². The van der Waals surface area contributed by atoms with Gasteiger partial charge >= 0.3 is 0 Å². The second kappa shape index (κ2) is 4.57. The quantitative estimate of drug-likeness (QED) is 0.642. The van der Waals surface area contributed by atoms with Crippen LogP contribution in [0.15, 0.2) is 22.7 Å². The van der Waals surface area contributed by atoms with E-state index in [-0.39, 0.29) is 11.8 Å². The third kappa shape index (κ3) is 2.82. The van der Waals surface area contributed by atoms with E-state index in [0.29, 0.717) is 17.7 Å². The highest BCUT2D eigenvalue weighted by atomic mass is 79.9. The molecule has 0 fully saturated rings. The standard InChI is InChI=1S/C10H13BrN2O/c1-6(12)4-10(14)8-3-2-7(11)5-9(8)13/h2-3,5-6H,4,12-13H2,1H3. The van der Waals surface area contributed by atoms with Crippen LogP contribution in [0.4, 0.5) is 5.69 Å². The third-order valence-corrected chi connectivity index (χ3v) is 2.31. The van der Waals surface area contributed by atoms with E-state index in [1.54, 1.807) is 25.1 Å². The van der Waals surface area contributed by atoms with Gasteiger partial charge in [-0.05, 0) is 25.1 Å². The first-order valence-electron chi connectivity index (χ1n) is 4.34. The van der Waals surface area contributed by atoms with Crippen molar-refractivity contribution in [2.24, 2.45) is 5.73 Å². The number of anilines is 1. The number of nitrogens with two attached hydrogens (primary N) is 2. The summed E-state index contributed by atoms with van der Waals surface area (Å²) in [6.07, 6.45) is 0.325. The number of rotatable bonds is 3. The maximum Gasteiger partial charge on any atom is 0.166 e. The minimum atomic E-state index is -0.134. The maximum absolute atomic E-state index is 11.6. The molecule has 0 radical (unpaired) electrons. The van der Waals surface area contributed by atoms with Gasteiger partial charge in [-0.15, -0.1) is 0 Å². The Morgan fingerprint density at radius 2 is 2.21 bits per heavy atom. The summed E-state index contributed by atoms with van der Waals surface area (Å²) < 4.78 is 0.868. The molecule has 1 aromatic carbocycles. The van der Waals surface area contributed by atoms with Gasteiger partial charge in [0.25, 0.3) is 0 Å². The van der Waals surface area contributed by atoms with Gasteiger partial charge in [0.05, 0.1) is 0 Å². The fourth-order valence-electron chi connectivity index (χ4n) is 1.19. The van der Waals surface area contributed by atoms with E-state index in [4.69, 9.17) is 11.5 Å². The van der Waals surface area contributed by atoms with Crippen LogP contribution in [0.5, 0.6) is 0 Å². The van der Waals surface area contributed by atoms with Crippen molar-refractivity contribution in [2.45, 2.75) is 19.4 Å². The Hall–Kier alpha value is -0.870. The minimum Gasteiger partial charge on any atom is -0.398 e. The Bertz CT molecular complexity index is 350. The molecule has 4 heteroatoms. The molecule has 0 heterocycles. The Labute approximate surface area is 91.6 Å². The highest BCUT2D eigenvalue weighted by molar-refractivity contribution is 9.10. The van der Waals surface area contributed by atoms with Crippen LogP contribution in [0.25, 0.3) is 0 Å². The first kappa shape index (κ1) is 11.2. The molecular formula is C10H13BrN2O. The molecule has 0 saturated heterocycles. The first-order chi connectivity index (χ1) is 6.50. The average Bonchev–Trinajstić information content (AvgIpc) is 2.01. The molecule has 4 N–H and O–H groups in total. The largest absolute Gasteiger partial charge is 0.398 e. The number of hydrogen-bond acceptors (Lipinski definition) is 3. The average molecular weight is 257 g/mol. The zero-order valence-electron chi connectivity index (χ0n) is 7.96. The fourth-order valence-corrected chi connectivity index (χ4v) is 1.57. The molecule has 1 unspecified atom stereocenters. The molecule has 3 nitrogen and oxygen atoms in total. The van der Waals surface area contributed by atoms with Crippen LogP contribution in [-0.4, -0.2) is 11.8 Å². The van der Waals surface area contributed by atoms with Gasteiger partial charge in [-0.1, -0.05) is 15.9 Å². The number of nitrogen functional groups attached to an aromatic ring is 1. The van der Waals surface area contributed by atoms with E-state index in [9.17, 15) is 4.79 Å². The summed E-state index contributed by atoms with van der Waals surface area (Å²) in [7, 11) is 0. The molecule has 0 aliphatic rings. The molecule has 1 rings (SSSR count). The van der Waals surface area contributed by atoms with E-state index in [2.05, 4.69) is 15.9 Å². The van der Waals surface area contributed by atoms with Crippen LogP contribution in [0, 0.1) is 0 Å². The Kier molecular flexibility index (Phi) is 3.66. The summed E-state index contributed by atoms with van der Waals surface area (Å²) >= 11 is 3.28. The summed E-state index contributed by atoms with van der Waals surface area (Å²) in [6, 6.07) is 5.09. The van der Waals surface area contributed by atoms with Crippen molar-refractivity contribution in [3.8, 4) is 0 Å². The lowest BCUT2D eigenvalue weighted by Crippen LogP contribution is -2.20. The summed E-state index contributed by atoms with van der Waals surface area (Å²) in [6.45, 7) is 1.80. The number of Topliss-reactive ketones (excluding diaryl/α,β-unsaturated/α-hetero) is 1. The summed E-state index contributed by atoms with van der Waals surface area (Å²) in [4.78, 5) is 11.6. The van der Waals surface area contributed by atoms with Crippen LogP contribution in [0.2, 0.25) is 0 Å². The van der Waals surface area contributed by atoms with Crippen LogP contribution in [0.1, 0.15) is 23.7 Å². The van der Waals surface area contributed by atoms with Gasteiger partial charge in [-0.2, -0.15) is 0 Å². The highest BCUT2D eigenvalue weighted by Crippen LogP contribution is 2.19. The van der Waals surface area contributed by atoms with E-state index in [0.717, 1.165) is 4.47 Å². The van der Waals surface area contributed by atoms with Crippen molar-refractivity contribution in [3.63, 3.8) is 0 Å². The molecule has 14 heavy (non-hydrogen) atoms. The number of halogens is 1. The minimum absolute atomic E-state index is 0.00926. The van der Waals surface area contributed by atoms with Crippen molar-refractivity contribution in [2.75, 3.05) is 5.73 Å². The normalized spacial score (nSPS) is 12.5. The van der Waals surface area contributed by atoms with Crippen molar-refractivity contribution in [3.05, 3.63) is 28.2 Å². The Balaban J connectivity index is 2.90. The molecule has 0 aromatic heterocycles. The van der Waals surface area contributed by atoms with Gasteiger partial charge in [-0.25, -0.2) is 0 Å². The zero-order valence-corrected chi connectivity index (χ0v) is 9.54. The molecule has 0 saturated carbocycles. The fraction of sp³-hybridized carbons (Fsp3) is 0.300. The lowest BCUT2D eigenvalue weighted by atomic mass is 10.0. The second-order valence-corrected chi connectivity index (χ2v) is 4.25. The van der Waals surface area contributed by atoms with Gasteiger partial charge in [-0.3, -0.25) is 4.79 Å². The summed E-state index contributed by atoms with van der Waals surface area (Å²) in [5.74, 6) is -0.00926. The van der Waals surface area contributed by atoms with Crippen LogP contribution in [-0.2, 0) is 0 Å². The summed E-state index contributed by atoms with van der Waals surface area (Å²) in [5.41, 5.74) is 12.3. The van der Waals surface area contributed by atoms with Gasteiger partial charge in [0, 0.05) is 28.2 Å². The van der Waals surface area contributed by atoms with Crippen molar-refractivity contribution in [1.29, 1.82) is 0 Å². The predicted octanol–water partition coefficient (Wildman–Crippen LogP) is 1.95. The Morgan fingerprint density at radius 3 is 2.71 bits per heavy atom.